The van der Waals surface area contributed by atoms with Crippen LogP contribution >= 0.6 is 0 Å². The lowest BCUT2D eigenvalue weighted by molar-refractivity contribution is -0.179. The second kappa shape index (κ2) is 12.5. The molecule has 2 aliphatic rings. The van der Waals surface area contributed by atoms with Crippen LogP contribution in [0.25, 0.3) is 0 Å². The Morgan fingerprint density at radius 3 is 1.95 bits per heavy atom. The Bertz CT molecular complexity index is 1190. The highest BCUT2D eigenvalue weighted by Gasteiger charge is 2.56. The zero-order chi connectivity index (χ0) is 28.8. The van der Waals surface area contributed by atoms with Crippen LogP contribution in [0.1, 0.15) is 57.6 Å². The minimum atomic E-state index is -0.894. The number of hydrogen-bond donors (Lipinski definition) is 0. The van der Waals surface area contributed by atoms with E-state index in [0.29, 0.717) is 32.5 Å². The van der Waals surface area contributed by atoms with Gasteiger partial charge in [-0.05, 0) is 51.2 Å². The Morgan fingerprint density at radius 1 is 0.875 bits per heavy atom. The van der Waals surface area contributed by atoms with Crippen molar-refractivity contribution in [3.8, 4) is 0 Å². The third-order valence-electron chi connectivity index (χ3n) is 7.30. The molecule has 214 valence electrons. The van der Waals surface area contributed by atoms with Gasteiger partial charge < -0.3 is 24.0 Å². The van der Waals surface area contributed by atoms with Crippen LogP contribution < -0.4 is 0 Å². The van der Waals surface area contributed by atoms with Gasteiger partial charge in [0, 0.05) is 26.1 Å². The van der Waals surface area contributed by atoms with E-state index in [1.165, 1.54) is 4.90 Å². The SMILES string of the molecule is CC(C)(C)OC(=O)N1CCC2(CC1)CN([C@@H](CCC(=O)OCc1ccccc1)C(=O)OCc1ccccc1)C2=O. The molecule has 2 saturated heterocycles. The summed E-state index contributed by atoms with van der Waals surface area (Å²) < 4.78 is 16.4. The topological polar surface area (TPSA) is 102 Å². The maximum atomic E-state index is 13.5. The minimum absolute atomic E-state index is 0.0266. The number of rotatable bonds is 9. The Hall–Kier alpha value is -3.88. The quantitative estimate of drug-likeness (QED) is 0.258. The first-order chi connectivity index (χ1) is 19.1. The number of piperidine rings is 1. The number of carbonyl (C=O) groups excluding carboxylic acids is 4. The second-order valence-electron chi connectivity index (χ2n) is 11.5. The van der Waals surface area contributed by atoms with E-state index in [1.54, 1.807) is 4.90 Å². The number of benzene rings is 2. The van der Waals surface area contributed by atoms with E-state index in [9.17, 15) is 19.2 Å². The molecule has 2 heterocycles. The molecule has 2 fully saturated rings. The van der Waals surface area contributed by atoms with Gasteiger partial charge in [0.2, 0.25) is 5.91 Å². The highest BCUT2D eigenvalue weighted by atomic mass is 16.6. The maximum absolute atomic E-state index is 13.5. The predicted octanol–water partition coefficient (Wildman–Crippen LogP) is 4.48. The fourth-order valence-corrected chi connectivity index (χ4v) is 5.04. The van der Waals surface area contributed by atoms with Crippen LogP contribution in [0.15, 0.2) is 60.7 Å². The molecule has 2 aliphatic heterocycles. The molecule has 0 unspecified atom stereocenters. The molecule has 0 aromatic heterocycles. The van der Waals surface area contributed by atoms with Crippen molar-refractivity contribution >= 4 is 23.9 Å². The minimum Gasteiger partial charge on any atom is -0.461 e. The number of likely N-dealkylation sites (tertiary alicyclic amines) is 2. The average molecular weight is 551 g/mol. The average Bonchev–Trinajstić information content (AvgIpc) is 2.94. The van der Waals surface area contributed by atoms with Gasteiger partial charge in [0.25, 0.3) is 0 Å². The van der Waals surface area contributed by atoms with E-state index >= 15 is 0 Å². The van der Waals surface area contributed by atoms with E-state index in [0.717, 1.165) is 11.1 Å². The van der Waals surface area contributed by atoms with Gasteiger partial charge in [-0.1, -0.05) is 60.7 Å². The van der Waals surface area contributed by atoms with Crippen molar-refractivity contribution in [2.24, 2.45) is 5.41 Å². The lowest BCUT2D eigenvalue weighted by Gasteiger charge is -2.54. The van der Waals surface area contributed by atoms with Gasteiger partial charge in [0.1, 0.15) is 24.9 Å². The number of nitrogens with zero attached hydrogens (tertiary/aromatic N) is 2. The summed E-state index contributed by atoms with van der Waals surface area (Å²) in [6.07, 6.45) is 0.676. The molecule has 2 amide bonds. The molecule has 0 saturated carbocycles. The number of esters is 2. The molecule has 2 aromatic carbocycles. The van der Waals surface area contributed by atoms with Crippen LogP contribution in [0.3, 0.4) is 0 Å². The normalized spacial score (nSPS) is 17.1. The van der Waals surface area contributed by atoms with E-state index in [2.05, 4.69) is 0 Å². The Labute approximate surface area is 235 Å². The van der Waals surface area contributed by atoms with E-state index in [-0.39, 0.29) is 38.1 Å². The van der Waals surface area contributed by atoms with Gasteiger partial charge in [-0.15, -0.1) is 0 Å². The van der Waals surface area contributed by atoms with Crippen LogP contribution in [-0.4, -0.2) is 65.0 Å². The summed E-state index contributed by atoms with van der Waals surface area (Å²) in [5.74, 6) is -1.14. The van der Waals surface area contributed by atoms with Crippen LogP contribution in [0.2, 0.25) is 0 Å². The lowest BCUT2D eigenvalue weighted by Crippen LogP contribution is -2.68. The molecule has 0 bridgehead atoms. The number of amides is 2. The fourth-order valence-electron chi connectivity index (χ4n) is 5.04. The first-order valence-corrected chi connectivity index (χ1v) is 13.8. The number of carbonyl (C=O) groups is 4. The number of β-lactam (4-membered cyclic amide) rings is 1. The molecule has 1 atom stereocenters. The highest BCUT2D eigenvalue weighted by Crippen LogP contribution is 2.43. The number of hydrogen-bond acceptors (Lipinski definition) is 7. The summed E-state index contributed by atoms with van der Waals surface area (Å²) in [5, 5.41) is 0. The Morgan fingerprint density at radius 2 is 1.43 bits per heavy atom. The van der Waals surface area contributed by atoms with Crippen molar-refractivity contribution in [3.63, 3.8) is 0 Å². The van der Waals surface area contributed by atoms with Crippen molar-refractivity contribution in [3.05, 3.63) is 71.8 Å². The van der Waals surface area contributed by atoms with Gasteiger partial charge in [-0.25, -0.2) is 9.59 Å². The van der Waals surface area contributed by atoms with Crippen LogP contribution in [0, 0.1) is 5.41 Å². The molecule has 0 radical (unpaired) electrons. The van der Waals surface area contributed by atoms with Crippen LogP contribution in [0.5, 0.6) is 0 Å². The van der Waals surface area contributed by atoms with Crippen LogP contribution in [0.4, 0.5) is 4.79 Å². The summed E-state index contributed by atoms with van der Waals surface area (Å²) >= 11 is 0. The predicted molar refractivity (Wildman–Crippen MR) is 147 cm³/mol. The lowest BCUT2D eigenvalue weighted by atomic mass is 9.70. The van der Waals surface area contributed by atoms with Crippen molar-refractivity contribution in [1.29, 1.82) is 0 Å². The largest absolute Gasteiger partial charge is 0.461 e. The molecule has 1 spiro atoms. The first kappa shape index (κ1) is 29.1. The molecule has 9 heteroatoms. The van der Waals surface area contributed by atoms with E-state index in [4.69, 9.17) is 14.2 Å². The van der Waals surface area contributed by atoms with Crippen molar-refractivity contribution < 1.29 is 33.4 Å². The number of ether oxygens (including phenoxy) is 3. The first-order valence-electron chi connectivity index (χ1n) is 13.8. The zero-order valence-corrected chi connectivity index (χ0v) is 23.5. The van der Waals surface area contributed by atoms with Gasteiger partial charge >= 0.3 is 18.0 Å². The third-order valence-corrected chi connectivity index (χ3v) is 7.30. The van der Waals surface area contributed by atoms with Gasteiger partial charge in [-0.2, -0.15) is 0 Å². The molecule has 40 heavy (non-hydrogen) atoms. The summed E-state index contributed by atoms with van der Waals surface area (Å²) in [6, 6.07) is 17.7. The maximum Gasteiger partial charge on any atom is 0.410 e. The van der Waals surface area contributed by atoms with Crippen molar-refractivity contribution in [2.45, 2.75) is 71.3 Å². The fraction of sp³-hybridized carbons (Fsp3) is 0.484. The highest BCUT2D eigenvalue weighted by molar-refractivity contribution is 5.93. The van der Waals surface area contributed by atoms with Gasteiger partial charge in [0.05, 0.1) is 5.41 Å². The summed E-state index contributed by atoms with van der Waals surface area (Å²) in [5.41, 5.74) is 0.486. The van der Waals surface area contributed by atoms with Crippen molar-refractivity contribution in [1.82, 2.24) is 9.80 Å². The molecular weight excluding hydrogens is 512 g/mol. The second-order valence-corrected chi connectivity index (χ2v) is 11.5. The van der Waals surface area contributed by atoms with Crippen molar-refractivity contribution in [2.75, 3.05) is 19.6 Å². The van der Waals surface area contributed by atoms with Gasteiger partial charge in [-0.3, -0.25) is 9.59 Å². The molecule has 4 rings (SSSR count). The molecule has 0 aliphatic carbocycles. The Kier molecular flexibility index (Phi) is 9.12. The molecule has 9 nitrogen and oxygen atoms in total. The van der Waals surface area contributed by atoms with Crippen LogP contribution in [-0.2, 0) is 41.8 Å². The molecular formula is C31H38N2O7. The zero-order valence-electron chi connectivity index (χ0n) is 23.5. The Balaban J connectivity index is 1.35. The van der Waals surface area contributed by atoms with Gasteiger partial charge in [0.15, 0.2) is 0 Å². The summed E-state index contributed by atoms with van der Waals surface area (Å²) in [4.78, 5) is 54.8. The standard InChI is InChI=1S/C31H38N2O7/c1-30(2,3)40-29(37)32-18-16-31(17-19-32)22-33(28(31)36)25(27(35)39-21-24-12-8-5-9-13-24)14-15-26(34)38-20-23-10-6-4-7-11-23/h4-13,25H,14-22H2,1-3H3/t25-/m0/s1. The van der Waals surface area contributed by atoms with E-state index < -0.39 is 29.0 Å². The smallest absolute Gasteiger partial charge is 0.410 e. The third kappa shape index (κ3) is 7.40. The summed E-state index contributed by atoms with van der Waals surface area (Å²) in [7, 11) is 0. The monoisotopic (exact) mass is 550 g/mol. The molecule has 2 aromatic rings. The van der Waals surface area contributed by atoms with E-state index in [1.807, 2.05) is 81.4 Å². The summed E-state index contributed by atoms with van der Waals surface area (Å²) in [6.45, 7) is 6.86. The molecule has 0 N–H and O–H groups in total.